The smallest absolute Gasteiger partial charge is 0.258 e. The molecule has 0 radical (unpaired) electrons. The van der Waals surface area contributed by atoms with E-state index in [-0.39, 0.29) is 5.91 Å². The lowest BCUT2D eigenvalue weighted by Gasteiger charge is -2.17. The van der Waals surface area contributed by atoms with E-state index in [2.05, 4.69) is 0 Å². The minimum atomic E-state index is -0.0566. The lowest BCUT2D eigenvalue weighted by atomic mass is 10.1. The molecule has 4 heteroatoms. The SMILES string of the molecule is N#Cc1ccc(C(=O)N2CCc3ccc(N)cc32)cc1. The zero-order chi connectivity index (χ0) is 14.1. The van der Waals surface area contributed by atoms with Crippen LogP contribution in [0, 0.1) is 11.3 Å². The number of amides is 1. The van der Waals surface area contributed by atoms with Gasteiger partial charge in [0.1, 0.15) is 0 Å². The van der Waals surface area contributed by atoms with Gasteiger partial charge in [0.25, 0.3) is 5.91 Å². The molecule has 2 aromatic carbocycles. The summed E-state index contributed by atoms with van der Waals surface area (Å²) in [6, 6.07) is 14.4. The Morgan fingerprint density at radius 2 is 1.95 bits per heavy atom. The van der Waals surface area contributed by atoms with Gasteiger partial charge in [-0.1, -0.05) is 6.07 Å². The number of hydrogen-bond donors (Lipinski definition) is 1. The molecule has 0 aliphatic carbocycles. The van der Waals surface area contributed by atoms with Crippen LogP contribution in [0.3, 0.4) is 0 Å². The first-order chi connectivity index (χ1) is 9.69. The molecule has 4 nitrogen and oxygen atoms in total. The fourth-order valence-electron chi connectivity index (χ4n) is 2.45. The highest BCUT2D eigenvalue weighted by atomic mass is 16.2. The van der Waals surface area contributed by atoms with E-state index in [4.69, 9.17) is 11.0 Å². The Balaban J connectivity index is 1.93. The Morgan fingerprint density at radius 3 is 2.65 bits per heavy atom. The molecule has 0 unspecified atom stereocenters. The minimum absolute atomic E-state index is 0.0566. The fourth-order valence-corrected chi connectivity index (χ4v) is 2.45. The van der Waals surface area contributed by atoms with Crippen LogP contribution in [0.1, 0.15) is 21.5 Å². The molecule has 0 saturated carbocycles. The van der Waals surface area contributed by atoms with Gasteiger partial charge in [-0.05, 0) is 48.4 Å². The molecule has 98 valence electrons. The van der Waals surface area contributed by atoms with Crippen LogP contribution in [-0.2, 0) is 6.42 Å². The van der Waals surface area contributed by atoms with E-state index >= 15 is 0 Å². The Labute approximate surface area is 117 Å². The van der Waals surface area contributed by atoms with E-state index < -0.39 is 0 Å². The Bertz CT molecular complexity index is 713. The van der Waals surface area contributed by atoms with Crippen LogP contribution in [0.25, 0.3) is 0 Å². The molecule has 0 bridgehead atoms. The number of nitrogen functional groups attached to an aromatic ring is 1. The van der Waals surface area contributed by atoms with Crippen LogP contribution >= 0.6 is 0 Å². The Morgan fingerprint density at radius 1 is 1.20 bits per heavy atom. The first-order valence-corrected chi connectivity index (χ1v) is 6.39. The van der Waals surface area contributed by atoms with E-state index in [0.29, 0.717) is 23.4 Å². The molecular weight excluding hydrogens is 250 g/mol. The number of hydrogen-bond acceptors (Lipinski definition) is 3. The van der Waals surface area contributed by atoms with Gasteiger partial charge in [-0.15, -0.1) is 0 Å². The second-order valence-corrected chi connectivity index (χ2v) is 4.78. The molecule has 2 N–H and O–H groups in total. The number of carbonyl (C=O) groups excluding carboxylic acids is 1. The van der Waals surface area contributed by atoms with Gasteiger partial charge in [0, 0.05) is 23.5 Å². The first kappa shape index (κ1) is 12.2. The molecule has 1 aliphatic rings. The van der Waals surface area contributed by atoms with Gasteiger partial charge in [-0.2, -0.15) is 5.26 Å². The molecular formula is C16H13N3O. The number of benzene rings is 2. The second kappa shape index (κ2) is 4.71. The third kappa shape index (κ3) is 1.99. The number of rotatable bonds is 1. The maximum absolute atomic E-state index is 12.5. The van der Waals surface area contributed by atoms with Crippen molar-refractivity contribution in [3.8, 4) is 6.07 Å². The lowest BCUT2D eigenvalue weighted by Crippen LogP contribution is -2.28. The molecule has 3 rings (SSSR count). The monoisotopic (exact) mass is 263 g/mol. The first-order valence-electron chi connectivity index (χ1n) is 6.39. The van der Waals surface area contributed by atoms with Crippen LogP contribution in [0.4, 0.5) is 11.4 Å². The third-order valence-electron chi connectivity index (χ3n) is 3.51. The van der Waals surface area contributed by atoms with Crippen LogP contribution in [0.2, 0.25) is 0 Å². The number of nitrogens with zero attached hydrogens (tertiary/aromatic N) is 2. The maximum atomic E-state index is 12.5. The van der Waals surface area contributed by atoms with Crippen LogP contribution in [0.15, 0.2) is 42.5 Å². The van der Waals surface area contributed by atoms with Crippen molar-refractivity contribution in [1.29, 1.82) is 5.26 Å². The highest BCUT2D eigenvalue weighted by Crippen LogP contribution is 2.31. The summed E-state index contributed by atoms with van der Waals surface area (Å²) in [6.07, 6.45) is 0.845. The largest absolute Gasteiger partial charge is 0.399 e. The van der Waals surface area contributed by atoms with Gasteiger partial charge in [-0.25, -0.2) is 0 Å². The number of nitriles is 1. The zero-order valence-electron chi connectivity index (χ0n) is 10.8. The van der Waals surface area contributed by atoms with E-state index in [1.54, 1.807) is 29.2 Å². The summed E-state index contributed by atoms with van der Waals surface area (Å²) in [4.78, 5) is 14.3. The third-order valence-corrected chi connectivity index (χ3v) is 3.51. The van der Waals surface area contributed by atoms with Crippen molar-refractivity contribution in [2.45, 2.75) is 6.42 Å². The average Bonchev–Trinajstić information content (AvgIpc) is 2.89. The molecule has 0 saturated heterocycles. The number of anilines is 2. The molecule has 0 atom stereocenters. The summed E-state index contributed by atoms with van der Waals surface area (Å²) in [5, 5.41) is 8.78. The molecule has 0 fully saturated rings. The number of nitrogens with two attached hydrogens (primary N) is 1. The van der Waals surface area contributed by atoms with Crippen molar-refractivity contribution in [2.24, 2.45) is 0 Å². The van der Waals surface area contributed by atoms with Crippen molar-refractivity contribution in [1.82, 2.24) is 0 Å². The molecule has 1 aliphatic heterocycles. The summed E-state index contributed by atoms with van der Waals surface area (Å²) in [6.45, 7) is 0.664. The average molecular weight is 263 g/mol. The van der Waals surface area contributed by atoms with Crippen molar-refractivity contribution >= 4 is 17.3 Å². The topological polar surface area (TPSA) is 70.1 Å². The summed E-state index contributed by atoms with van der Waals surface area (Å²) >= 11 is 0. The molecule has 2 aromatic rings. The number of carbonyl (C=O) groups is 1. The van der Waals surface area contributed by atoms with Crippen LogP contribution in [-0.4, -0.2) is 12.5 Å². The highest BCUT2D eigenvalue weighted by Gasteiger charge is 2.25. The molecule has 20 heavy (non-hydrogen) atoms. The van der Waals surface area contributed by atoms with Crippen molar-refractivity contribution in [2.75, 3.05) is 17.2 Å². The van der Waals surface area contributed by atoms with E-state index in [9.17, 15) is 4.79 Å². The van der Waals surface area contributed by atoms with Gasteiger partial charge in [0.2, 0.25) is 0 Å². The highest BCUT2D eigenvalue weighted by molar-refractivity contribution is 6.07. The minimum Gasteiger partial charge on any atom is -0.399 e. The van der Waals surface area contributed by atoms with Gasteiger partial charge in [-0.3, -0.25) is 4.79 Å². The molecule has 0 spiro atoms. The quantitative estimate of drug-likeness (QED) is 0.803. The Kier molecular flexibility index (Phi) is 2.88. The van der Waals surface area contributed by atoms with E-state index in [0.717, 1.165) is 17.7 Å². The summed E-state index contributed by atoms with van der Waals surface area (Å²) in [5.74, 6) is -0.0566. The Hall–Kier alpha value is -2.80. The van der Waals surface area contributed by atoms with Gasteiger partial charge < -0.3 is 10.6 Å². The van der Waals surface area contributed by atoms with Crippen molar-refractivity contribution in [3.05, 3.63) is 59.2 Å². The van der Waals surface area contributed by atoms with Gasteiger partial charge in [0.15, 0.2) is 0 Å². The van der Waals surface area contributed by atoms with Gasteiger partial charge >= 0.3 is 0 Å². The van der Waals surface area contributed by atoms with Crippen LogP contribution < -0.4 is 10.6 Å². The zero-order valence-corrected chi connectivity index (χ0v) is 10.8. The molecule has 1 amide bonds. The summed E-state index contributed by atoms with van der Waals surface area (Å²) in [7, 11) is 0. The maximum Gasteiger partial charge on any atom is 0.258 e. The molecule has 1 heterocycles. The lowest BCUT2D eigenvalue weighted by molar-refractivity contribution is 0.0989. The predicted molar refractivity (Wildman–Crippen MR) is 77.4 cm³/mol. The molecule has 0 aromatic heterocycles. The summed E-state index contributed by atoms with van der Waals surface area (Å²) in [5.41, 5.74) is 9.61. The second-order valence-electron chi connectivity index (χ2n) is 4.78. The van der Waals surface area contributed by atoms with E-state index in [1.165, 1.54) is 0 Å². The normalized spacial score (nSPS) is 12.8. The van der Waals surface area contributed by atoms with E-state index in [1.807, 2.05) is 24.3 Å². The van der Waals surface area contributed by atoms with Gasteiger partial charge in [0.05, 0.1) is 11.6 Å². The summed E-state index contributed by atoms with van der Waals surface area (Å²) < 4.78 is 0. The van der Waals surface area contributed by atoms with Crippen molar-refractivity contribution in [3.63, 3.8) is 0 Å². The van der Waals surface area contributed by atoms with Crippen LogP contribution in [0.5, 0.6) is 0 Å². The predicted octanol–water partition coefficient (Wildman–Crippen LogP) is 2.34. The van der Waals surface area contributed by atoms with Crippen molar-refractivity contribution < 1.29 is 4.79 Å². The standard InChI is InChI=1S/C16H13N3O/c17-10-11-1-3-13(4-2-11)16(20)19-8-7-12-5-6-14(18)9-15(12)19/h1-6,9H,7-8,18H2. The number of fused-ring (bicyclic) bond motifs is 1. The fraction of sp³-hybridized carbons (Fsp3) is 0.125.